The van der Waals surface area contributed by atoms with Crippen LogP contribution in [0.3, 0.4) is 0 Å². The molecule has 0 aliphatic heterocycles. The fourth-order valence-corrected chi connectivity index (χ4v) is 1.01. The van der Waals surface area contributed by atoms with Gasteiger partial charge in [0.2, 0.25) is 0 Å². The molecule has 0 saturated carbocycles. The molecule has 12 heavy (non-hydrogen) atoms. The average Bonchev–Trinajstić information content (AvgIpc) is 2.09. The van der Waals surface area contributed by atoms with Gasteiger partial charge in [-0.05, 0) is 25.1 Å². The molecule has 1 rings (SSSR count). The van der Waals surface area contributed by atoms with Crippen molar-refractivity contribution in [2.24, 2.45) is 0 Å². The Morgan fingerprint density at radius 1 is 1.50 bits per heavy atom. The number of nitrogens with one attached hydrogen (secondary N) is 1. The van der Waals surface area contributed by atoms with Gasteiger partial charge in [0.05, 0.1) is 6.61 Å². The maximum absolute atomic E-state index is 12.8. The molecular weight excluding hydrogens is 157 g/mol. The Labute approximate surface area is 71.0 Å². The van der Waals surface area contributed by atoms with E-state index >= 15 is 0 Å². The Hall–Kier alpha value is -1.09. The van der Waals surface area contributed by atoms with Crippen molar-refractivity contribution >= 4 is 5.69 Å². The summed E-state index contributed by atoms with van der Waals surface area (Å²) in [6.45, 7) is 2.49. The van der Waals surface area contributed by atoms with Gasteiger partial charge in [-0.3, -0.25) is 0 Å². The van der Waals surface area contributed by atoms with Crippen molar-refractivity contribution in [2.75, 3.05) is 11.9 Å². The molecular formula is C9H12FNO. The van der Waals surface area contributed by atoms with E-state index in [4.69, 9.17) is 5.11 Å². The first kappa shape index (κ1) is 9.00. The fourth-order valence-electron chi connectivity index (χ4n) is 1.01. The quantitative estimate of drug-likeness (QED) is 0.722. The lowest BCUT2D eigenvalue weighted by molar-refractivity contribution is 0.276. The Morgan fingerprint density at radius 2 is 2.25 bits per heavy atom. The monoisotopic (exact) mass is 169 g/mol. The van der Waals surface area contributed by atoms with E-state index in [-0.39, 0.29) is 12.4 Å². The Bertz CT molecular complexity index is 263. The van der Waals surface area contributed by atoms with Gasteiger partial charge >= 0.3 is 0 Å². The standard InChI is InChI=1S/C9H12FNO/c1-2-11-8-3-4-9(10)7(5-8)6-12/h3-5,11-12H,2,6H2,1H3. The molecule has 0 aliphatic carbocycles. The van der Waals surface area contributed by atoms with E-state index in [1.165, 1.54) is 6.07 Å². The number of anilines is 1. The number of halogens is 1. The third kappa shape index (κ3) is 1.95. The summed E-state index contributed by atoms with van der Waals surface area (Å²) in [5.41, 5.74) is 1.16. The predicted molar refractivity (Wildman–Crippen MR) is 46.5 cm³/mol. The largest absolute Gasteiger partial charge is 0.392 e. The van der Waals surface area contributed by atoms with Crippen LogP contribution in [0.1, 0.15) is 12.5 Å². The zero-order valence-corrected chi connectivity index (χ0v) is 6.97. The first-order valence-electron chi connectivity index (χ1n) is 3.91. The molecule has 0 atom stereocenters. The van der Waals surface area contributed by atoms with Crippen molar-refractivity contribution in [3.05, 3.63) is 29.6 Å². The van der Waals surface area contributed by atoms with Crippen LogP contribution in [0.5, 0.6) is 0 Å². The first-order valence-corrected chi connectivity index (χ1v) is 3.91. The number of rotatable bonds is 3. The highest BCUT2D eigenvalue weighted by atomic mass is 19.1. The number of aliphatic hydroxyl groups excluding tert-OH is 1. The van der Waals surface area contributed by atoms with Crippen molar-refractivity contribution in [1.82, 2.24) is 0 Å². The van der Waals surface area contributed by atoms with Crippen LogP contribution in [0.2, 0.25) is 0 Å². The van der Waals surface area contributed by atoms with Crippen molar-refractivity contribution in [3.63, 3.8) is 0 Å². The zero-order valence-electron chi connectivity index (χ0n) is 6.97. The molecule has 66 valence electrons. The lowest BCUT2D eigenvalue weighted by Gasteiger charge is -2.05. The van der Waals surface area contributed by atoms with Gasteiger partial charge in [-0.25, -0.2) is 4.39 Å². The SMILES string of the molecule is CCNc1ccc(F)c(CO)c1. The Kier molecular flexibility index (Phi) is 3.05. The molecule has 3 heteroatoms. The first-order chi connectivity index (χ1) is 5.77. The van der Waals surface area contributed by atoms with Crippen molar-refractivity contribution in [1.29, 1.82) is 0 Å². The van der Waals surface area contributed by atoms with E-state index in [2.05, 4.69) is 5.32 Å². The van der Waals surface area contributed by atoms with Gasteiger partial charge in [0.1, 0.15) is 5.82 Å². The van der Waals surface area contributed by atoms with Crippen LogP contribution < -0.4 is 5.32 Å². The van der Waals surface area contributed by atoms with Crippen LogP contribution >= 0.6 is 0 Å². The van der Waals surface area contributed by atoms with E-state index in [1.807, 2.05) is 6.92 Å². The van der Waals surface area contributed by atoms with Crippen molar-refractivity contribution in [2.45, 2.75) is 13.5 Å². The maximum atomic E-state index is 12.8. The normalized spacial score (nSPS) is 9.92. The van der Waals surface area contributed by atoms with Crippen LogP contribution in [0.15, 0.2) is 18.2 Å². The number of benzene rings is 1. The van der Waals surface area contributed by atoms with Crippen LogP contribution in [0.4, 0.5) is 10.1 Å². The van der Waals surface area contributed by atoms with Crippen LogP contribution in [0.25, 0.3) is 0 Å². The molecule has 2 nitrogen and oxygen atoms in total. The molecule has 0 amide bonds. The highest BCUT2D eigenvalue weighted by Crippen LogP contribution is 2.14. The van der Waals surface area contributed by atoms with E-state index < -0.39 is 0 Å². The lowest BCUT2D eigenvalue weighted by Crippen LogP contribution is -1.98. The number of hydrogen-bond acceptors (Lipinski definition) is 2. The van der Waals surface area contributed by atoms with Gasteiger partial charge in [0, 0.05) is 17.8 Å². The Morgan fingerprint density at radius 3 is 2.83 bits per heavy atom. The molecule has 1 aromatic carbocycles. The predicted octanol–water partition coefficient (Wildman–Crippen LogP) is 1.75. The summed E-state index contributed by atoms with van der Waals surface area (Å²) in [5.74, 6) is -0.362. The summed E-state index contributed by atoms with van der Waals surface area (Å²) < 4.78 is 12.8. The van der Waals surface area contributed by atoms with Gasteiger partial charge in [-0.15, -0.1) is 0 Å². The van der Waals surface area contributed by atoms with E-state index in [9.17, 15) is 4.39 Å². The van der Waals surface area contributed by atoms with E-state index in [0.717, 1.165) is 12.2 Å². The van der Waals surface area contributed by atoms with E-state index in [0.29, 0.717) is 5.56 Å². The molecule has 0 radical (unpaired) electrons. The van der Waals surface area contributed by atoms with E-state index in [1.54, 1.807) is 12.1 Å². The van der Waals surface area contributed by atoms with Gasteiger partial charge < -0.3 is 10.4 Å². The molecule has 2 N–H and O–H groups in total. The van der Waals surface area contributed by atoms with Crippen LogP contribution in [-0.2, 0) is 6.61 Å². The highest BCUT2D eigenvalue weighted by Gasteiger charge is 2.00. The molecule has 0 spiro atoms. The molecule has 0 aromatic heterocycles. The van der Waals surface area contributed by atoms with Gasteiger partial charge in [-0.1, -0.05) is 0 Å². The summed E-state index contributed by atoms with van der Waals surface area (Å²) in [6.07, 6.45) is 0. The molecule has 0 heterocycles. The number of hydrogen-bond donors (Lipinski definition) is 2. The Balaban J connectivity index is 2.89. The summed E-state index contributed by atoms with van der Waals surface area (Å²) in [4.78, 5) is 0. The van der Waals surface area contributed by atoms with Gasteiger partial charge in [0.25, 0.3) is 0 Å². The summed E-state index contributed by atoms with van der Waals surface area (Å²) in [5, 5.41) is 11.8. The lowest BCUT2D eigenvalue weighted by atomic mass is 10.2. The summed E-state index contributed by atoms with van der Waals surface area (Å²) >= 11 is 0. The summed E-state index contributed by atoms with van der Waals surface area (Å²) in [7, 11) is 0. The average molecular weight is 169 g/mol. The van der Waals surface area contributed by atoms with Gasteiger partial charge in [0.15, 0.2) is 0 Å². The van der Waals surface area contributed by atoms with Crippen molar-refractivity contribution in [3.8, 4) is 0 Å². The zero-order chi connectivity index (χ0) is 8.97. The summed E-state index contributed by atoms with van der Waals surface area (Å²) in [6, 6.07) is 4.61. The third-order valence-corrected chi connectivity index (χ3v) is 1.60. The van der Waals surface area contributed by atoms with Gasteiger partial charge in [-0.2, -0.15) is 0 Å². The molecule has 1 aromatic rings. The minimum absolute atomic E-state index is 0.259. The fraction of sp³-hybridized carbons (Fsp3) is 0.333. The second kappa shape index (κ2) is 4.07. The minimum Gasteiger partial charge on any atom is -0.392 e. The highest BCUT2D eigenvalue weighted by molar-refractivity contribution is 5.45. The maximum Gasteiger partial charge on any atom is 0.128 e. The minimum atomic E-state index is -0.362. The molecule has 0 saturated heterocycles. The third-order valence-electron chi connectivity index (χ3n) is 1.60. The molecule has 0 unspecified atom stereocenters. The molecule has 0 bridgehead atoms. The number of aliphatic hydroxyl groups is 1. The van der Waals surface area contributed by atoms with Crippen molar-refractivity contribution < 1.29 is 9.50 Å². The second-order valence-corrected chi connectivity index (χ2v) is 2.49. The smallest absolute Gasteiger partial charge is 0.128 e. The molecule has 0 aliphatic rings. The molecule has 0 fully saturated rings. The van der Waals surface area contributed by atoms with Crippen LogP contribution in [0, 0.1) is 5.82 Å². The second-order valence-electron chi connectivity index (χ2n) is 2.49. The van der Waals surface area contributed by atoms with Crippen LogP contribution in [-0.4, -0.2) is 11.7 Å². The topological polar surface area (TPSA) is 32.3 Å².